The third-order valence-electron chi connectivity index (χ3n) is 0. The summed E-state index contributed by atoms with van der Waals surface area (Å²) in [5.74, 6) is 0. The summed E-state index contributed by atoms with van der Waals surface area (Å²) < 4.78 is 0. The maximum Gasteiger partial charge on any atom is 0.0319 e. The summed E-state index contributed by atoms with van der Waals surface area (Å²) in [6.45, 7) is 0. The van der Waals surface area contributed by atoms with E-state index in [1.807, 2.05) is 0 Å². The third kappa shape index (κ3) is 16.8. The first-order chi connectivity index (χ1) is 1.00. The fraction of sp³-hybridized carbons (Fsp3) is 1.00. The van der Waals surface area contributed by atoms with Gasteiger partial charge in [0.2, 0.25) is 0 Å². The molecule has 0 saturated heterocycles. The van der Waals surface area contributed by atoms with Crippen molar-refractivity contribution in [3.8, 4) is 0 Å². The van der Waals surface area contributed by atoms with Crippen molar-refractivity contribution in [2.75, 3.05) is 7.11 Å². The second kappa shape index (κ2) is 59.4. The van der Waals surface area contributed by atoms with Gasteiger partial charge in [0.05, 0.1) is 0 Å². The van der Waals surface area contributed by atoms with Crippen LogP contribution in [0.1, 0.15) is 0 Å². The molecular formula is CH6AuO2. The van der Waals surface area contributed by atoms with Crippen molar-refractivity contribution in [1.29, 1.82) is 0 Å². The van der Waals surface area contributed by atoms with Gasteiger partial charge in [-0.2, -0.15) is 0 Å². The molecule has 2 nitrogen and oxygen atoms in total. The molecule has 0 aromatic carbocycles. The van der Waals surface area contributed by atoms with E-state index in [1.54, 1.807) is 0 Å². The summed E-state index contributed by atoms with van der Waals surface area (Å²) in [6, 6.07) is 0. The van der Waals surface area contributed by atoms with E-state index in [4.69, 9.17) is 5.11 Å². The smallest absolute Gasteiger partial charge is 0.0319 e. The van der Waals surface area contributed by atoms with E-state index < -0.39 is 0 Å². The average Bonchev–Trinajstić information content (AvgIpc) is 1.00. The zero-order valence-electron chi connectivity index (χ0n) is 2.25. The molecule has 3 heteroatoms. The van der Waals surface area contributed by atoms with Gasteiger partial charge < -0.3 is 10.6 Å². The second-order valence-electron chi connectivity index (χ2n) is 0. The van der Waals surface area contributed by atoms with E-state index in [0.717, 1.165) is 7.11 Å². The molecule has 0 bridgehead atoms. The molecule has 0 aromatic rings. The number of aliphatic hydroxyl groups is 1. The van der Waals surface area contributed by atoms with Crippen molar-refractivity contribution in [1.82, 2.24) is 0 Å². The quantitative estimate of drug-likeness (QED) is 0.536. The normalized spacial score (nSPS) is 1.50. The van der Waals surface area contributed by atoms with Crippen molar-refractivity contribution in [2.24, 2.45) is 0 Å². The van der Waals surface area contributed by atoms with Gasteiger partial charge in [0.15, 0.2) is 0 Å². The molecule has 4 heavy (non-hydrogen) atoms. The Labute approximate surface area is 40.6 Å². The van der Waals surface area contributed by atoms with E-state index in [0.29, 0.717) is 0 Å². The summed E-state index contributed by atoms with van der Waals surface area (Å²) in [5.41, 5.74) is 0. The number of hydrogen-bond acceptors (Lipinski definition) is 1. The van der Waals surface area contributed by atoms with Crippen LogP contribution in [0.15, 0.2) is 0 Å². The minimum atomic E-state index is 0. The largest absolute Gasteiger partial charge is 0.412 e. The summed E-state index contributed by atoms with van der Waals surface area (Å²) in [4.78, 5) is 0. The first-order valence-corrected chi connectivity index (χ1v) is 0.447. The first kappa shape index (κ1) is 22.7. The molecule has 0 atom stereocenters. The first-order valence-electron chi connectivity index (χ1n) is 0.447. The van der Waals surface area contributed by atoms with Crippen LogP contribution < -0.4 is 0 Å². The molecule has 0 unspecified atom stereocenters. The molecule has 0 aliphatic heterocycles. The van der Waals surface area contributed by atoms with Gasteiger partial charge in [0.1, 0.15) is 0 Å². The van der Waals surface area contributed by atoms with E-state index >= 15 is 0 Å². The second-order valence-corrected chi connectivity index (χ2v) is 0. The summed E-state index contributed by atoms with van der Waals surface area (Å²) >= 11 is 0. The average molecular weight is 247 g/mol. The minimum absolute atomic E-state index is 0. The number of hydrogen-bond donors (Lipinski definition) is 1. The van der Waals surface area contributed by atoms with Crippen LogP contribution in [0.4, 0.5) is 0 Å². The Morgan fingerprint density at radius 1 is 1.25 bits per heavy atom. The minimum Gasteiger partial charge on any atom is -0.412 e. The molecule has 0 fully saturated rings. The third-order valence-corrected chi connectivity index (χ3v) is 0. The van der Waals surface area contributed by atoms with Gasteiger partial charge in [-0.3, -0.25) is 0 Å². The predicted octanol–water partition coefficient (Wildman–Crippen LogP) is -1.22. The van der Waals surface area contributed by atoms with Crippen LogP contribution in [-0.2, 0) is 22.4 Å². The molecule has 1 radical (unpaired) electrons. The summed E-state index contributed by atoms with van der Waals surface area (Å²) in [5, 5.41) is 7.00. The molecule has 0 spiro atoms. The van der Waals surface area contributed by atoms with Gasteiger partial charge in [-0.05, 0) is 0 Å². The number of aliphatic hydroxyl groups excluding tert-OH is 1. The summed E-state index contributed by atoms with van der Waals surface area (Å²) in [7, 11) is 1.00. The predicted molar refractivity (Wildman–Crippen MR) is 11.8 cm³/mol. The standard InChI is InChI=1S/CH4O.Au.H2O/c1-2;;/h2H,1H3;;1H2. The van der Waals surface area contributed by atoms with Crippen LogP contribution in [0.3, 0.4) is 0 Å². The molecule has 0 heterocycles. The van der Waals surface area contributed by atoms with E-state index in [-0.39, 0.29) is 27.9 Å². The van der Waals surface area contributed by atoms with Crippen LogP contribution >= 0.6 is 0 Å². The van der Waals surface area contributed by atoms with Crippen LogP contribution in [0.2, 0.25) is 0 Å². The molecule has 0 saturated carbocycles. The van der Waals surface area contributed by atoms with Gasteiger partial charge in [-0.1, -0.05) is 0 Å². The molecule has 0 rings (SSSR count). The molecule has 0 aromatic heterocycles. The van der Waals surface area contributed by atoms with Gasteiger partial charge in [0, 0.05) is 29.5 Å². The molecule has 33 valence electrons. The Hall–Kier alpha value is 0.660. The van der Waals surface area contributed by atoms with Crippen LogP contribution in [0.5, 0.6) is 0 Å². The molecule has 0 aliphatic rings. The molecule has 0 aliphatic carbocycles. The van der Waals surface area contributed by atoms with Crippen molar-refractivity contribution >= 4 is 0 Å². The zero-order valence-corrected chi connectivity index (χ0v) is 4.42. The fourth-order valence-corrected chi connectivity index (χ4v) is 0. The van der Waals surface area contributed by atoms with Gasteiger partial charge in [0.25, 0.3) is 0 Å². The van der Waals surface area contributed by atoms with Gasteiger partial charge in [-0.15, -0.1) is 0 Å². The monoisotopic (exact) mass is 247 g/mol. The Morgan fingerprint density at radius 2 is 1.25 bits per heavy atom. The molecule has 3 N–H and O–H groups in total. The Morgan fingerprint density at radius 3 is 1.25 bits per heavy atom. The van der Waals surface area contributed by atoms with Gasteiger partial charge in [-0.25, -0.2) is 0 Å². The number of rotatable bonds is 0. The van der Waals surface area contributed by atoms with Gasteiger partial charge >= 0.3 is 0 Å². The van der Waals surface area contributed by atoms with Crippen molar-refractivity contribution < 1.29 is 33.0 Å². The van der Waals surface area contributed by atoms with E-state index in [1.165, 1.54) is 0 Å². The topological polar surface area (TPSA) is 51.7 Å². The van der Waals surface area contributed by atoms with Crippen LogP contribution in [-0.4, -0.2) is 17.7 Å². The summed E-state index contributed by atoms with van der Waals surface area (Å²) in [6.07, 6.45) is 0. The molecule has 0 amide bonds. The maximum atomic E-state index is 7.00. The fourth-order valence-electron chi connectivity index (χ4n) is 0. The van der Waals surface area contributed by atoms with Crippen LogP contribution in [0, 0.1) is 0 Å². The Balaban J connectivity index is -0.00000000500. The molecular weight excluding hydrogens is 241 g/mol. The zero-order chi connectivity index (χ0) is 2.00. The van der Waals surface area contributed by atoms with E-state index in [9.17, 15) is 0 Å². The van der Waals surface area contributed by atoms with Crippen LogP contribution in [0.25, 0.3) is 0 Å². The maximum absolute atomic E-state index is 7.00. The SMILES string of the molecule is CO.O.[Au]. The van der Waals surface area contributed by atoms with Crippen molar-refractivity contribution in [2.45, 2.75) is 0 Å². The van der Waals surface area contributed by atoms with Crippen molar-refractivity contribution in [3.05, 3.63) is 0 Å². The Bertz CT molecular complexity index is 6.00. The van der Waals surface area contributed by atoms with E-state index in [2.05, 4.69) is 0 Å². The Kier molecular flexibility index (Phi) is 336. The van der Waals surface area contributed by atoms with Crippen molar-refractivity contribution in [3.63, 3.8) is 0 Å².